The van der Waals surface area contributed by atoms with Crippen molar-refractivity contribution in [2.75, 3.05) is 9.80 Å². The molecule has 264 valence electrons. The number of anilines is 4. The number of aryl methyl sites for hydroxylation is 1. The number of fused-ring (bicyclic) bond motifs is 2. The van der Waals surface area contributed by atoms with Gasteiger partial charge in [0.2, 0.25) is 0 Å². The van der Waals surface area contributed by atoms with E-state index in [2.05, 4.69) is 219 Å². The lowest BCUT2D eigenvalue weighted by Crippen LogP contribution is -2.18. The van der Waals surface area contributed by atoms with Gasteiger partial charge in [0, 0.05) is 34.1 Å². The van der Waals surface area contributed by atoms with Crippen LogP contribution >= 0.6 is 0 Å². The standard InChI is InChI=1S/C52H46N2/c1-4-5-9-20-39(3)53(42-21-10-6-11-22-42)45-34-31-40(32-35-45)51-46-27-16-18-29-48(46)52(49-30-19-17-28-47(49)51)41-33-36-50(38(2)37-41)54(43-23-12-7-13-24-43)44-25-14-8-15-26-44/h5-14,16-25,27-37H,4,15,26H2,1-3H3. The normalized spacial score (nSPS) is 13.1. The van der Waals surface area contributed by atoms with Gasteiger partial charge in [-0.2, -0.15) is 0 Å². The van der Waals surface area contributed by atoms with Crippen molar-refractivity contribution in [3.63, 3.8) is 0 Å². The Hall–Kier alpha value is -6.38. The highest BCUT2D eigenvalue weighted by atomic mass is 15.2. The van der Waals surface area contributed by atoms with Crippen molar-refractivity contribution in [3.8, 4) is 22.3 Å². The number of para-hydroxylation sites is 2. The Labute approximate surface area is 320 Å². The number of hydrogen-bond donors (Lipinski definition) is 0. The number of nitrogens with zero attached hydrogens (tertiary/aromatic N) is 2. The van der Waals surface area contributed by atoms with E-state index in [1.165, 1.54) is 72.1 Å². The minimum Gasteiger partial charge on any atom is -0.315 e. The average molecular weight is 699 g/mol. The first-order valence-corrected chi connectivity index (χ1v) is 19.2. The lowest BCUT2D eigenvalue weighted by molar-refractivity contribution is 0.915. The summed E-state index contributed by atoms with van der Waals surface area (Å²) in [5.74, 6) is 0. The molecular weight excluding hydrogens is 653 g/mol. The molecule has 0 N–H and O–H groups in total. The van der Waals surface area contributed by atoms with Gasteiger partial charge < -0.3 is 9.80 Å². The fraction of sp³-hybridized carbons (Fsp3) is 0.115. The molecule has 0 saturated heterocycles. The van der Waals surface area contributed by atoms with Crippen molar-refractivity contribution in [1.82, 2.24) is 0 Å². The van der Waals surface area contributed by atoms with Crippen LogP contribution in [0.1, 0.15) is 38.7 Å². The molecule has 0 fully saturated rings. The first-order valence-electron chi connectivity index (χ1n) is 19.2. The first kappa shape index (κ1) is 34.7. The monoisotopic (exact) mass is 698 g/mol. The van der Waals surface area contributed by atoms with Crippen molar-refractivity contribution in [2.24, 2.45) is 0 Å². The molecule has 1 aliphatic carbocycles. The molecule has 0 aromatic heterocycles. The maximum atomic E-state index is 2.43. The molecule has 0 unspecified atom stereocenters. The SMILES string of the molecule is CCC=CC=C(C)N(c1ccccc1)c1ccc(-c2c3ccccc3c(-c3ccc(N(C4=CC=CCC4)c4ccccc4)c(C)c3)c3ccccc23)cc1. The summed E-state index contributed by atoms with van der Waals surface area (Å²) in [6, 6.07) is 55.4. The van der Waals surface area contributed by atoms with E-state index < -0.39 is 0 Å². The molecule has 54 heavy (non-hydrogen) atoms. The van der Waals surface area contributed by atoms with Crippen molar-refractivity contribution >= 4 is 44.3 Å². The smallest absolute Gasteiger partial charge is 0.0487 e. The summed E-state index contributed by atoms with van der Waals surface area (Å²) >= 11 is 0. The molecule has 0 aliphatic heterocycles. The highest BCUT2D eigenvalue weighted by Crippen LogP contribution is 2.45. The van der Waals surface area contributed by atoms with E-state index >= 15 is 0 Å². The van der Waals surface area contributed by atoms with Crippen LogP contribution in [0.3, 0.4) is 0 Å². The van der Waals surface area contributed by atoms with Crippen molar-refractivity contribution in [2.45, 2.75) is 40.0 Å². The van der Waals surface area contributed by atoms with Gasteiger partial charge in [0.1, 0.15) is 0 Å². The lowest BCUT2D eigenvalue weighted by atomic mass is 9.85. The quantitative estimate of drug-likeness (QED) is 0.104. The van der Waals surface area contributed by atoms with Crippen molar-refractivity contribution in [3.05, 3.63) is 205 Å². The van der Waals surface area contributed by atoms with Crippen LogP contribution in [0.5, 0.6) is 0 Å². The number of hydrogen-bond acceptors (Lipinski definition) is 2. The van der Waals surface area contributed by atoms with E-state index in [1.54, 1.807) is 0 Å². The third kappa shape index (κ3) is 6.79. The van der Waals surface area contributed by atoms with Gasteiger partial charge in [-0.1, -0.05) is 134 Å². The molecule has 1 aliphatic rings. The topological polar surface area (TPSA) is 6.48 Å². The Kier molecular flexibility index (Phi) is 10.1. The van der Waals surface area contributed by atoms with Gasteiger partial charge in [0.05, 0.1) is 0 Å². The summed E-state index contributed by atoms with van der Waals surface area (Å²) in [4.78, 5) is 4.76. The molecular formula is C52H46N2. The minimum atomic E-state index is 1.01. The fourth-order valence-corrected chi connectivity index (χ4v) is 7.95. The zero-order valence-electron chi connectivity index (χ0n) is 31.4. The summed E-state index contributed by atoms with van der Waals surface area (Å²) < 4.78 is 0. The van der Waals surface area contributed by atoms with Gasteiger partial charge in [0.15, 0.2) is 0 Å². The fourth-order valence-electron chi connectivity index (χ4n) is 7.95. The van der Waals surface area contributed by atoms with Crippen molar-refractivity contribution < 1.29 is 0 Å². The molecule has 0 heterocycles. The summed E-state index contributed by atoms with van der Waals surface area (Å²) in [6.45, 7) is 6.60. The highest BCUT2D eigenvalue weighted by Gasteiger charge is 2.21. The number of benzene rings is 7. The molecule has 0 amide bonds. The molecule has 0 atom stereocenters. The molecule has 2 heteroatoms. The third-order valence-corrected chi connectivity index (χ3v) is 10.4. The Morgan fingerprint density at radius 3 is 1.70 bits per heavy atom. The Balaban J connectivity index is 1.25. The van der Waals surface area contributed by atoms with Crippen LogP contribution in [-0.2, 0) is 0 Å². The maximum absolute atomic E-state index is 2.43. The van der Waals surface area contributed by atoms with Gasteiger partial charge in [-0.3, -0.25) is 0 Å². The predicted molar refractivity (Wildman–Crippen MR) is 234 cm³/mol. The average Bonchev–Trinajstić information content (AvgIpc) is 3.22. The van der Waals surface area contributed by atoms with Gasteiger partial charge in [0.25, 0.3) is 0 Å². The van der Waals surface area contributed by atoms with Crippen molar-refractivity contribution in [1.29, 1.82) is 0 Å². The van der Waals surface area contributed by atoms with Crippen LogP contribution in [0.2, 0.25) is 0 Å². The van der Waals surface area contributed by atoms with Crippen LogP contribution in [0.15, 0.2) is 200 Å². The molecule has 0 bridgehead atoms. The van der Waals surface area contributed by atoms with Gasteiger partial charge in [-0.15, -0.1) is 0 Å². The second kappa shape index (κ2) is 15.7. The molecule has 7 aromatic rings. The van der Waals surface area contributed by atoms with Crippen LogP contribution < -0.4 is 9.80 Å². The van der Waals surface area contributed by atoms with E-state index in [4.69, 9.17) is 0 Å². The van der Waals surface area contributed by atoms with Gasteiger partial charge in [-0.05, 0) is 143 Å². The highest BCUT2D eigenvalue weighted by molar-refractivity contribution is 6.21. The van der Waals surface area contributed by atoms with E-state index in [9.17, 15) is 0 Å². The minimum absolute atomic E-state index is 1.01. The molecule has 0 spiro atoms. The molecule has 0 radical (unpaired) electrons. The van der Waals surface area contributed by atoms with Gasteiger partial charge in [-0.25, -0.2) is 0 Å². The lowest BCUT2D eigenvalue weighted by Gasteiger charge is -2.30. The molecule has 8 rings (SSSR count). The zero-order chi connectivity index (χ0) is 36.9. The maximum Gasteiger partial charge on any atom is 0.0487 e. The van der Waals surface area contributed by atoms with E-state index in [0.29, 0.717) is 0 Å². The Morgan fingerprint density at radius 2 is 1.15 bits per heavy atom. The summed E-state index contributed by atoms with van der Waals surface area (Å²) in [5.41, 5.74) is 13.4. The summed E-state index contributed by atoms with van der Waals surface area (Å²) in [5, 5.41) is 5.03. The first-order chi connectivity index (χ1) is 26.6. The second-order valence-electron chi connectivity index (χ2n) is 14.0. The Morgan fingerprint density at radius 1 is 0.611 bits per heavy atom. The number of allylic oxidation sites excluding steroid dienone is 8. The zero-order valence-corrected chi connectivity index (χ0v) is 31.4. The number of rotatable bonds is 10. The Bertz CT molecular complexity index is 2480. The molecule has 2 nitrogen and oxygen atoms in total. The van der Waals surface area contributed by atoms with Crippen LogP contribution in [0.4, 0.5) is 22.7 Å². The predicted octanol–water partition coefficient (Wildman–Crippen LogP) is 15.0. The van der Waals surface area contributed by atoms with Gasteiger partial charge >= 0.3 is 0 Å². The third-order valence-electron chi connectivity index (χ3n) is 10.4. The van der Waals surface area contributed by atoms with Crippen LogP contribution in [0, 0.1) is 6.92 Å². The van der Waals surface area contributed by atoms with Crippen LogP contribution in [-0.4, -0.2) is 0 Å². The van der Waals surface area contributed by atoms with E-state index in [0.717, 1.165) is 30.6 Å². The van der Waals surface area contributed by atoms with E-state index in [-0.39, 0.29) is 0 Å². The largest absolute Gasteiger partial charge is 0.315 e. The molecule has 0 saturated carbocycles. The molecule has 7 aromatic carbocycles. The second-order valence-corrected chi connectivity index (χ2v) is 14.0. The van der Waals surface area contributed by atoms with Crippen LogP contribution in [0.25, 0.3) is 43.8 Å². The summed E-state index contributed by atoms with van der Waals surface area (Å²) in [6.07, 6.45) is 16.3. The summed E-state index contributed by atoms with van der Waals surface area (Å²) in [7, 11) is 0. The van der Waals surface area contributed by atoms with E-state index in [1.807, 2.05) is 0 Å².